The van der Waals surface area contributed by atoms with E-state index in [4.69, 9.17) is 0 Å². The van der Waals surface area contributed by atoms with Crippen molar-refractivity contribution in [3.05, 3.63) is 34.9 Å². The summed E-state index contributed by atoms with van der Waals surface area (Å²) in [5.74, 6) is 1.23. The molecule has 0 atom stereocenters. The second kappa shape index (κ2) is 9.09. The van der Waals surface area contributed by atoms with Gasteiger partial charge in [-0.3, -0.25) is 9.78 Å². The Morgan fingerprint density at radius 1 is 1.24 bits per heavy atom. The maximum atomic E-state index is 12.4. The molecule has 134 valence electrons. The first-order valence-electron chi connectivity index (χ1n) is 9.38. The summed E-state index contributed by atoms with van der Waals surface area (Å²) >= 11 is 1.60. The number of carbonyl (C=O) groups excluding carboxylic acids is 1. The zero-order chi connectivity index (χ0) is 17.5. The summed E-state index contributed by atoms with van der Waals surface area (Å²) in [6, 6.07) is 3.91. The Labute approximate surface area is 154 Å². The minimum Gasteiger partial charge on any atom is -0.349 e. The van der Waals surface area contributed by atoms with Crippen molar-refractivity contribution in [3.8, 4) is 11.3 Å². The summed E-state index contributed by atoms with van der Waals surface area (Å²) in [6.07, 6.45) is 12.0. The van der Waals surface area contributed by atoms with Crippen LogP contribution in [-0.4, -0.2) is 15.9 Å². The lowest BCUT2D eigenvalue weighted by atomic mass is 9.79. The van der Waals surface area contributed by atoms with Gasteiger partial charge >= 0.3 is 0 Å². The molecule has 0 bridgehead atoms. The fraction of sp³-hybridized carbons (Fsp3) is 0.550. The third kappa shape index (κ3) is 5.11. The molecular weight excluding hydrogens is 330 g/mol. The molecule has 0 unspecified atom stereocenters. The molecule has 1 fully saturated rings. The van der Waals surface area contributed by atoms with Crippen LogP contribution in [0.15, 0.2) is 29.9 Å². The average Bonchev–Trinajstić information content (AvgIpc) is 3.14. The van der Waals surface area contributed by atoms with Crippen molar-refractivity contribution in [2.24, 2.45) is 11.8 Å². The molecule has 5 heteroatoms. The molecular formula is C20H27N3OS. The Morgan fingerprint density at radius 3 is 2.72 bits per heavy atom. The van der Waals surface area contributed by atoms with Crippen LogP contribution >= 0.6 is 11.3 Å². The fourth-order valence-corrected chi connectivity index (χ4v) is 4.30. The third-order valence-corrected chi connectivity index (χ3v) is 5.97. The van der Waals surface area contributed by atoms with E-state index in [0.29, 0.717) is 6.54 Å². The van der Waals surface area contributed by atoms with Gasteiger partial charge in [-0.05, 0) is 43.7 Å². The topological polar surface area (TPSA) is 54.9 Å². The van der Waals surface area contributed by atoms with Gasteiger partial charge in [0.25, 0.3) is 0 Å². The predicted molar refractivity (Wildman–Crippen MR) is 102 cm³/mol. The molecule has 0 saturated heterocycles. The van der Waals surface area contributed by atoms with Crippen molar-refractivity contribution in [1.82, 2.24) is 15.3 Å². The van der Waals surface area contributed by atoms with Crippen LogP contribution in [0.25, 0.3) is 11.3 Å². The number of rotatable bonds is 7. The quantitative estimate of drug-likeness (QED) is 0.773. The molecule has 0 spiro atoms. The smallest absolute Gasteiger partial charge is 0.223 e. The van der Waals surface area contributed by atoms with Gasteiger partial charge in [0.15, 0.2) is 0 Å². The predicted octanol–water partition coefficient (Wildman–Crippen LogP) is 4.82. The minimum absolute atomic E-state index is 0.192. The van der Waals surface area contributed by atoms with Crippen LogP contribution in [0, 0.1) is 11.8 Å². The lowest BCUT2D eigenvalue weighted by Gasteiger charge is -2.27. The molecule has 2 aromatic rings. The van der Waals surface area contributed by atoms with Gasteiger partial charge in [-0.2, -0.15) is 0 Å². The molecule has 1 aliphatic carbocycles. The molecule has 4 nitrogen and oxygen atoms in total. The molecule has 0 radical (unpaired) electrons. The molecule has 2 aromatic heterocycles. The highest BCUT2D eigenvalue weighted by atomic mass is 32.1. The molecule has 0 aliphatic heterocycles. The first-order valence-corrected chi connectivity index (χ1v) is 10.3. The zero-order valence-electron chi connectivity index (χ0n) is 14.9. The maximum Gasteiger partial charge on any atom is 0.223 e. The highest BCUT2D eigenvalue weighted by molar-refractivity contribution is 7.09. The first kappa shape index (κ1) is 18.1. The Morgan fingerprint density at radius 2 is 2.00 bits per heavy atom. The maximum absolute atomic E-state index is 12.4. The Bertz CT molecular complexity index is 663. The van der Waals surface area contributed by atoms with E-state index in [0.717, 1.165) is 35.0 Å². The lowest BCUT2D eigenvalue weighted by Crippen LogP contribution is -2.32. The third-order valence-electron chi connectivity index (χ3n) is 5.13. The number of hydrogen-bond acceptors (Lipinski definition) is 4. The number of carbonyl (C=O) groups is 1. The Kier molecular flexibility index (Phi) is 6.56. The number of thiazole rings is 1. The van der Waals surface area contributed by atoms with Crippen molar-refractivity contribution < 1.29 is 4.79 Å². The van der Waals surface area contributed by atoms with Crippen LogP contribution in [0.1, 0.15) is 56.9 Å². The molecule has 3 rings (SSSR count). The van der Waals surface area contributed by atoms with Crippen LogP contribution in [-0.2, 0) is 11.3 Å². The van der Waals surface area contributed by atoms with Gasteiger partial charge in [-0.15, -0.1) is 11.3 Å². The van der Waals surface area contributed by atoms with Crippen molar-refractivity contribution in [3.63, 3.8) is 0 Å². The normalized spacial score (nSPS) is 20.4. The van der Waals surface area contributed by atoms with E-state index in [1.807, 2.05) is 17.5 Å². The number of nitrogens with one attached hydrogen (secondary N) is 1. The van der Waals surface area contributed by atoms with Gasteiger partial charge in [-0.1, -0.05) is 26.2 Å². The van der Waals surface area contributed by atoms with E-state index in [1.54, 1.807) is 23.7 Å². The highest BCUT2D eigenvalue weighted by Gasteiger charge is 2.25. The van der Waals surface area contributed by atoms with Crippen molar-refractivity contribution >= 4 is 17.2 Å². The van der Waals surface area contributed by atoms with Gasteiger partial charge in [0.05, 0.1) is 12.2 Å². The number of amides is 1. The summed E-state index contributed by atoms with van der Waals surface area (Å²) in [5, 5.41) is 6.08. The van der Waals surface area contributed by atoms with Crippen molar-refractivity contribution in [2.45, 2.75) is 58.4 Å². The Hall–Kier alpha value is -1.75. The summed E-state index contributed by atoms with van der Waals surface area (Å²) in [5.41, 5.74) is 2.02. The van der Waals surface area contributed by atoms with E-state index in [2.05, 4.69) is 22.2 Å². The second-order valence-electron chi connectivity index (χ2n) is 6.94. The zero-order valence-corrected chi connectivity index (χ0v) is 15.7. The number of nitrogens with zero attached hydrogens (tertiary/aromatic N) is 2. The summed E-state index contributed by atoms with van der Waals surface area (Å²) in [4.78, 5) is 21.1. The van der Waals surface area contributed by atoms with E-state index in [-0.39, 0.29) is 11.8 Å². The molecule has 1 aliphatic rings. The van der Waals surface area contributed by atoms with Crippen LogP contribution in [0.3, 0.4) is 0 Å². The summed E-state index contributed by atoms with van der Waals surface area (Å²) < 4.78 is 0. The molecule has 0 aromatic carbocycles. The van der Waals surface area contributed by atoms with Crippen LogP contribution in [0.4, 0.5) is 0 Å². The number of pyridine rings is 1. The first-order chi connectivity index (χ1) is 12.3. The van der Waals surface area contributed by atoms with Gasteiger partial charge in [0.2, 0.25) is 5.91 Å². The summed E-state index contributed by atoms with van der Waals surface area (Å²) in [6.45, 7) is 2.78. The number of aromatic nitrogens is 2. The van der Waals surface area contributed by atoms with Gasteiger partial charge in [0.1, 0.15) is 5.01 Å². The monoisotopic (exact) mass is 357 g/mol. The molecule has 1 N–H and O–H groups in total. The summed E-state index contributed by atoms with van der Waals surface area (Å²) in [7, 11) is 0. The van der Waals surface area contributed by atoms with E-state index < -0.39 is 0 Å². The molecule has 1 amide bonds. The molecule has 25 heavy (non-hydrogen) atoms. The number of hydrogen-bond donors (Lipinski definition) is 1. The largest absolute Gasteiger partial charge is 0.349 e. The van der Waals surface area contributed by atoms with E-state index in [9.17, 15) is 4.79 Å². The highest BCUT2D eigenvalue weighted by Crippen LogP contribution is 2.32. The molecule has 2 heterocycles. The minimum atomic E-state index is 0.192. The second-order valence-corrected chi connectivity index (χ2v) is 7.88. The van der Waals surface area contributed by atoms with Gasteiger partial charge in [-0.25, -0.2) is 4.98 Å². The van der Waals surface area contributed by atoms with Crippen molar-refractivity contribution in [1.29, 1.82) is 0 Å². The van der Waals surface area contributed by atoms with Crippen molar-refractivity contribution in [2.75, 3.05) is 0 Å². The SMILES string of the molecule is CCCCC1CCC(C(=O)NCc2nc(-c3ccncc3)cs2)CC1. The van der Waals surface area contributed by atoms with E-state index >= 15 is 0 Å². The van der Waals surface area contributed by atoms with Gasteiger partial charge < -0.3 is 5.32 Å². The van der Waals surface area contributed by atoms with Gasteiger partial charge in [0, 0.05) is 29.3 Å². The Balaban J connectivity index is 1.45. The average molecular weight is 358 g/mol. The van der Waals surface area contributed by atoms with Crippen LogP contribution < -0.4 is 5.32 Å². The standard InChI is InChI=1S/C20H27N3OS/c1-2-3-4-15-5-7-17(8-6-15)20(24)22-13-19-23-18(14-25-19)16-9-11-21-12-10-16/h9-12,14-15,17H,2-8,13H2,1H3,(H,22,24). The lowest BCUT2D eigenvalue weighted by molar-refractivity contribution is -0.126. The van der Waals surface area contributed by atoms with Crippen LogP contribution in [0.5, 0.6) is 0 Å². The van der Waals surface area contributed by atoms with Crippen LogP contribution in [0.2, 0.25) is 0 Å². The number of unbranched alkanes of at least 4 members (excludes halogenated alkanes) is 1. The van der Waals surface area contributed by atoms with E-state index in [1.165, 1.54) is 32.1 Å². The fourth-order valence-electron chi connectivity index (χ4n) is 3.56. The molecule has 1 saturated carbocycles.